The quantitative estimate of drug-likeness (QED) is 0.574. The van der Waals surface area contributed by atoms with Crippen LogP contribution in [0, 0.1) is 0 Å². The van der Waals surface area contributed by atoms with E-state index in [1.807, 2.05) is 6.08 Å². The molecule has 0 bridgehead atoms. The second kappa shape index (κ2) is 4.31. The summed E-state index contributed by atoms with van der Waals surface area (Å²) in [5, 5.41) is 0. The molecule has 0 saturated heterocycles. The second-order valence-electron chi connectivity index (χ2n) is 2.58. The van der Waals surface area contributed by atoms with Gasteiger partial charge in [0.05, 0.1) is 18.8 Å². The van der Waals surface area contributed by atoms with Crippen molar-refractivity contribution in [1.29, 1.82) is 0 Å². The lowest BCUT2D eigenvalue weighted by atomic mass is 10.1. The van der Waals surface area contributed by atoms with Crippen molar-refractivity contribution in [2.45, 2.75) is 18.6 Å². The highest BCUT2D eigenvalue weighted by atomic mass is 16.5. The molecule has 0 fully saturated rings. The van der Waals surface area contributed by atoms with Crippen LogP contribution in [0.15, 0.2) is 24.8 Å². The Labute approximate surface area is 67.5 Å². The molecule has 0 aliphatic carbocycles. The molecule has 0 spiro atoms. The summed E-state index contributed by atoms with van der Waals surface area (Å²) >= 11 is 0. The van der Waals surface area contributed by atoms with Crippen LogP contribution in [0.25, 0.3) is 0 Å². The van der Waals surface area contributed by atoms with E-state index in [-0.39, 0.29) is 12.2 Å². The number of rotatable bonds is 3. The number of hydrogen-bond acceptors (Lipinski definition) is 2. The summed E-state index contributed by atoms with van der Waals surface area (Å²) in [5.41, 5.74) is 0. The van der Waals surface area contributed by atoms with Crippen LogP contribution in [0.2, 0.25) is 0 Å². The van der Waals surface area contributed by atoms with Gasteiger partial charge in [-0.3, -0.25) is 0 Å². The van der Waals surface area contributed by atoms with Crippen LogP contribution < -0.4 is 0 Å². The molecule has 0 aromatic carbocycles. The predicted octanol–water partition coefficient (Wildman–Crippen LogP) is 1.53. The topological polar surface area (TPSA) is 18.5 Å². The Kier molecular flexibility index (Phi) is 3.33. The SMILES string of the molecule is C=C[C@@H]1C=CC[C@@H](COC)O1. The fourth-order valence-electron chi connectivity index (χ4n) is 1.11. The number of methoxy groups -OCH3 is 1. The van der Waals surface area contributed by atoms with Gasteiger partial charge in [0, 0.05) is 7.11 Å². The molecule has 1 heterocycles. The molecule has 0 unspecified atom stereocenters. The van der Waals surface area contributed by atoms with E-state index in [0.717, 1.165) is 6.42 Å². The third-order valence-electron chi connectivity index (χ3n) is 1.66. The van der Waals surface area contributed by atoms with Gasteiger partial charge in [-0.25, -0.2) is 0 Å². The molecular formula is C9H14O2. The van der Waals surface area contributed by atoms with Crippen molar-refractivity contribution in [2.75, 3.05) is 13.7 Å². The third kappa shape index (κ3) is 2.48. The van der Waals surface area contributed by atoms with Crippen LogP contribution in [-0.4, -0.2) is 25.9 Å². The Bertz CT molecular complexity index is 152. The lowest BCUT2D eigenvalue weighted by molar-refractivity contribution is -0.0180. The number of hydrogen-bond donors (Lipinski definition) is 0. The molecule has 0 aromatic heterocycles. The molecule has 2 heteroatoms. The Morgan fingerprint density at radius 1 is 1.82 bits per heavy atom. The van der Waals surface area contributed by atoms with Crippen LogP contribution in [-0.2, 0) is 9.47 Å². The maximum Gasteiger partial charge on any atom is 0.0940 e. The molecule has 2 nitrogen and oxygen atoms in total. The largest absolute Gasteiger partial charge is 0.382 e. The summed E-state index contributed by atoms with van der Waals surface area (Å²) in [7, 11) is 1.69. The maximum absolute atomic E-state index is 5.55. The summed E-state index contributed by atoms with van der Waals surface area (Å²) in [6.07, 6.45) is 7.13. The zero-order valence-corrected chi connectivity index (χ0v) is 6.82. The smallest absolute Gasteiger partial charge is 0.0940 e. The van der Waals surface area contributed by atoms with Crippen LogP contribution in [0.3, 0.4) is 0 Å². The van der Waals surface area contributed by atoms with Gasteiger partial charge in [0.25, 0.3) is 0 Å². The Morgan fingerprint density at radius 2 is 2.64 bits per heavy atom. The first-order valence-corrected chi connectivity index (χ1v) is 3.80. The third-order valence-corrected chi connectivity index (χ3v) is 1.66. The lowest BCUT2D eigenvalue weighted by Gasteiger charge is -2.22. The Balaban J connectivity index is 2.37. The van der Waals surface area contributed by atoms with Gasteiger partial charge in [-0.2, -0.15) is 0 Å². The fourth-order valence-corrected chi connectivity index (χ4v) is 1.11. The molecular weight excluding hydrogens is 140 g/mol. The summed E-state index contributed by atoms with van der Waals surface area (Å²) in [6.45, 7) is 4.32. The predicted molar refractivity (Wildman–Crippen MR) is 44.5 cm³/mol. The van der Waals surface area contributed by atoms with Crippen LogP contribution >= 0.6 is 0 Å². The molecule has 0 amide bonds. The zero-order chi connectivity index (χ0) is 8.10. The average molecular weight is 154 g/mol. The molecule has 1 aliphatic rings. The van der Waals surface area contributed by atoms with Crippen molar-refractivity contribution in [1.82, 2.24) is 0 Å². The summed E-state index contributed by atoms with van der Waals surface area (Å²) < 4.78 is 10.5. The van der Waals surface area contributed by atoms with Crippen molar-refractivity contribution in [3.63, 3.8) is 0 Å². The maximum atomic E-state index is 5.55. The van der Waals surface area contributed by atoms with E-state index in [4.69, 9.17) is 9.47 Å². The van der Waals surface area contributed by atoms with Gasteiger partial charge in [-0.15, -0.1) is 6.58 Å². The molecule has 1 aliphatic heterocycles. The van der Waals surface area contributed by atoms with Gasteiger partial charge >= 0.3 is 0 Å². The van der Waals surface area contributed by atoms with Crippen molar-refractivity contribution in [3.05, 3.63) is 24.8 Å². The van der Waals surface area contributed by atoms with E-state index < -0.39 is 0 Å². The standard InChI is InChI=1S/C9H14O2/c1-3-8-5-4-6-9(11-8)7-10-2/h3-5,8-9H,1,6-7H2,2H3/t8-,9+/m1/s1. The van der Waals surface area contributed by atoms with E-state index in [9.17, 15) is 0 Å². The fraction of sp³-hybridized carbons (Fsp3) is 0.556. The first-order valence-electron chi connectivity index (χ1n) is 3.80. The molecule has 0 N–H and O–H groups in total. The minimum Gasteiger partial charge on any atom is -0.382 e. The molecule has 11 heavy (non-hydrogen) atoms. The van der Waals surface area contributed by atoms with Gasteiger partial charge < -0.3 is 9.47 Å². The van der Waals surface area contributed by atoms with Crippen molar-refractivity contribution in [3.8, 4) is 0 Å². The monoisotopic (exact) mass is 154 g/mol. The van der Waals surface area contributed by atoms with Gasteiger partial charge in [-0.05, 0) is 6.42 Å². The molecule has 0 aromatic rings. The minimum absolute atomic E-state index is 0.0731. The van der Waals surface area contributed by atoms with Crippen LogP contribution in [0.1, 0.15) is 6.42 Å². The van der Waals surface area contributed by atoms with E-state index in [0.29, 0.717) is 6.61 Å². The average Bonchev–Trinajstić information content (AvgIpc) is 2.06. The molecule has 2 atom stereocenters. The second-order valence-corrected chi connectivity index (χ2v) is 2.58. The van der Waals surface area contributed by atoms with Crippen molar-refractivity contribution < 1.29 is 9.47 Å². The van der Waals surface area contributed by atoms with E-state index in [2.05, 4.69) is 12.7 Å². The molecule has 0 saturated carbocycles. The molecule has 62 valence electrons. The van der Waals surface area contributed by atoms with Crippen LogP contribution in [0.5, 0.6) is 0 Å². The molecule has 0 radical (unpaired) electrons. The minimum atomic E-state index is 0.0731. The first kappa shape index (κ1) is 8.50. The highest BCUT2D eigenvalue weighted by Gasteiger charge is 2.14. The van der Waals surface area contributed by atoms with Crippen molar-refractivity contribution >= 4 is 0 Å². The van der Waals surface area contributed by atoms with Crippen LogP contribution in [0.4, 0.5) is 0 Å². The van der Waals surface area contributed by atoms with Gasteiger partial charge in [0.2, 0.25) is 0 Å². The number of ether oxygens (including phenoxy) is 2. The normalized spacial score (nSPS) is 30.3. The lowest BCUT2D eigenvalue weighted by Crippen LogP contribution is -2.26. The van der Waals surface area contributed by atoms with E-state index in [1.54, 1.807) is 13.2 Å². The van der Waals surface area contributed by atoms with E-state index in [1.165, 1.54) is 0 Å². The highest BCUT2D eigenvalue weighted by Crippen LogP contribution is 2.12. The highest BCUT2D eigenvalue weighted by molar-refractivity contribution is 5.03. The van der Waals surface area contributed by atoms with Gasteiger partial charge in [0.15, 0.2) is 0 Å². The Morgan fingerprint density at radius 3 is 3.27 bits per heavy atom. The van der Waals surface area contributed by atoms with Gasteiger partial charge in [0.1, 0.15) is 0 Å². The van der Waals surface area contributed by atoms with Crippen molar-refractivity contribution in [2.24, 2.45) is 0 Å². The molecule has 1 rings (SSSR count). The first-order chi connectivity index (χ1) is 5.36. The van der Waals surface area contributed by atoms with E-state index >= 15 is 0 Å². The van der Waals surface area contributed by atoms with Gasteiger partial charge in [-0.1, -0.05) is 18.2 Å². The Hall–Kier alpha value is -0.600. The summed E-state index contributed by atoms with van der Waals surface area (Å²) in [5.74, 6) is 0. The summed E-state index contributed by atoms with van der Waals surface area (Å²) in [6, 6.07) is 0. The zero-order valence-electron chi connectivity index (χ0n) is 6.82. The summed E-state index contributed by atoms with van der Waals surface area (Å²) in [4.78, 5) is 0.